The Morgan fingerprint density at radius 1 is 1.15 bits per heavy atom. The van der Waals surface area contributed by atoms with Crippen molar-refractivity contribution in [3.8, 4) is 0 Å². The zero-order valence-corrected chi connectivity index (χ0v) is 17.4. The van der Waals surface area contributed by atoms with Gasteiger partial charge in [0.15, 0.2) is 11.4 Å². The lowest BCUT2D eigenvalue weighted by Crippen LogP contribution is -2.22. The van der Waals surface area contributed by atoms with Crippen LogP contribution in [0.2, 0.25) is 10.0 Å². The number of hydrogen-bond donors (Lipinski definition) is 0. The van der Waals surface area contributed by atoms with Crippen LogP contribution in [0.5, 0.6) is 0 Å². The summed E-state index contributed by atoms with van der Waals surface area (Å²) in [5, 5.41) is 0.963. The molecule has 3 aromatic rings. The van der Waals surface area contributed by atoms with Gasteiger partial charge in [0, 0.05) is 19.7 Å². The Hall–Kier alpha value is -1.58. The Kier molecular flexibility index (Phi) is 5.83. The number of halogens is 2. The van der Waals surface area contributed by atoms with Crippen LogP contribution in [-0.2, 0) is 10.0 Å². The zero-order chi connectivity index (χ0) is 19.8. The van der Waals surface area contributed by atoms with Gasteiger partial charge in [0.1, 0.15) is 5.52 Å². The van der Waals surface area contributed by atoms with E-state index in [1.54, 1.807) is 18.2 Å². The molecule has 1 aromatic heterocycles. The highest BCUT2D eigenvalue weighted by molar-refractivity contribution is 7.99. The standard InChI is InChI=1S/C17H14Cl2N2O4S2/c1-21(2)27(23,24)11-4-6-16-14(8-11)20-17(25-16)26-9-15(22)10-3-5-12(18)13(19)7-10/h3-8H,9H2,1-2H3. The molecule has 0 amide bonds. The summed E-state index contributed by atoms with van der Waals surface area (Å²) in [6, 6.07) is 9.12. The van der Waals surface area contributed by atoms with E-state index in [0.717, 1.165) is 16.1 Å². The average Bonchev–Trinajstić information content (AvgIpc) is 3.03. The van der Waals surface area contributed by atoms with Gasteiger partial charge in [-0.2, -0.15) is 0 Å². The van der Waals surface area contributed by atoms with Crippen LogP contribution in [0.4, 0.5) is 0 Å². The van der Waals surface area contributed by atoms with E-state index >= 15 is 0 Å². The molecule has 1 heterocycles. The molecule has 0 atom stereocenters. The number of rotatable bonds is 6. The highest BCUT2D eigenvalue weighted by Crippen LogP contribution is 2.28. The Labute approximate surface area is 170 Å². The molecule has 6 nitrogen and oxygen atoms in total. The molecule has 0 aliphatic carbocycles. The Morgan fingerprint density at radius 2 is 1.89 bits per heavy atom. The maximum absolute atomic E-state index is 12.3. The number of aromatic nitrogens is 1. The molecule has 0 spiro atoms. The van der Waals surface area contributed by atoms with Crippen molar-refractivity contribution in [2.45, 2.75) is 10.1 Å². The number of sulfonamides is 1. The summed E-state index contributed by atoms with van der Waals surface area (Å²) in [6.45, 7) is 0. The summed E-state index contributed by atoms with van der Waals surface area (Å²) in [4.78, 5) is 16.7. The fraction of sp³-hybridized carbons (Fsp3) is 0.176. The number of carbonyl (C=O) groups excluding carboxylic acids is 1. The molecular formula is C17H14Cl2N2O4S2. The van der Waals surface area contributed by atoms with E-state index in [4.69, 9.17) is 27.6 Å². The van der Waals surface area contributed by atoms with Crippen molar-refractivity contribution in [3.05, 3.63) is 52.0 Å². The number of hydrogen-bond acceptors (Lipinski definition) is 6. The molecule has 10 heteroatoms. The van der Waals surface area contributed by atoms with Crippen molar-refractivity contribution in [2.24, 2.45) is 0 Å². The maximum Gasteiger partial charge on any atom is 0.257 e. The lowest BCUT2D eigenvalue weighted by atomic mass is 10.1. The monoisotopic (exact) mass is 444 g/mol. The highest BCUT2D eigenvalue weighted by atomic mass is 35.5. The number of oxazole rings is 1. The van der Waals surface area contributed by atoms with Crippen LogP contribution >= 0.6 is 35.0 Å². The molecule has 0 unspecified atom stereocenters. The number of thioether (sulfide) groups is 1. The third kappa shape index (κ3) is 4.30. The van der Waals surface area contributed by atoms with E-state index in [-0.39, 0.29) is 21.7 Å². The van der Waals surface area contributed by atoms with Crippen LogP contribution in [0, 0.1) is 0 Å². The van der Waals surface area contributed by atoms with E-state index in [1.165, 1.54) is 32.3 Å². The molecule has 0 saturated carbocycles. The molecule has 0 bridgehead atoms. The molecule has 0 saturated heterocycles. The normalized spacial score (nSPS) is 12.0. The number of Topliss-reactive ketones (excluding diaryl/α,β-unsaturated/α-hetero) is 1. The van der Waals surface area contributed by atoms with E-state index in [2.05, 4.69) is 4.98 Å². The number of fused-ring (bicyclic) bond motifs is 1. The molecule has 0 aliphatic heterocycles. The van der Waals surface area contributed by atoms with Crippen LogP contribution in [-0.4, -0.2) is 43.3 Å². The Bertz CT molecular complexity index is 1130. The predicted molar refractivity (Wildman–Crippen MR) is 106 cm³/mol. The van der Waals surface area contributed by atoms with Gasteiger partial charge in [-0.3, -0.25) is 4.79 Å². The molecule has 0 N–H and O–H groups in total. The SMILES string of the molecule is CN(C)S(=O)(=O)c1ccc2oc(SCC(=O)c3ccc(Cl)c(Cl)c3)nc2c1. The first kappa shape index (κ1) is 20.2. The quantitative estimate of drug-likeness (QED) is 0.414. The van der Waals surface area contributed by atoms with Crippen LogP contribution in [0.15, 0.2) is 50.9 Å². The molecule has 27 heavy (non-hydrogen) atoms. The minimum atomic E-state index is -3.56. The van der Waals surface area contributed by atoms with Gasteiger partial charge in [-0.05, 0) is 36.4 Å². The summed E-state index contributed by atoms with van der Waals surface area (Å²) in [5.74, 6) is -0.0649. The first-order valence-corrected chi connectivity index (χ1v) is 10.8. The van der Waals surface area contributed by atoms with Crippen LogP contribution in [0.1, 0.15) is 10.4 Å². The van der Waals surface area contributed by atoms with Crippen LogP contribution < -0.4 is 0 Å². The second-order valence-electron chi connectivity index (χ2n) is 5.74. The summed E-state index contributed by atoms with van der Waals surface area (Å²) in [7, 11) is -0.648. The van der Waals surface area contributed by atoms with Gasteiger partial charge in [0.25, 0.3) is 5.22 Å². The average molecular weight is 445 g/mol. The van der Waals surface area contributed by atoms with Crippen LogP contribution in [0.3, 0.4) is 0 Å². The molecular weight excluding hydrogens is 431 g/mol. The molecule has 2 aromatic carbocycles. The summed E-state index contributed by atoms with van der Waals surface area (Å²) < 4.78 is 31.1. The molecule has 3 rings (SSSR count). The largest absolute Gasteiger partial charge is 0.431 e. The third-order valence-electron chi connectivity index (χ3n) is 3.69. The summed E-state index contributed by atoms with van der Waals surface area (Å²) in [6.07, 6.45) is 0. The number of nitrogens with zero attached hydrogens (tertiary/aromatic N) is 2. The lowest BCUT2D eigenvalue weighted by molar-refractivity contribution is 0.102. The molecule has 0 aliphatic rings. The van der Waals surface area contributed by atoms with Gasteiger partial charge in [0.2, 0.25) is 10.0 Å². The Balaban J connectivity index is 1.78. The van der Waals surface area contributed by atoms with Crippen molar-refractivity contribution >= 4 is 61.9 Å². The van der Waals surface area contributed by atoms with Gasteiger partial charge in [-0.25, -0.2) is 17.7 Å². The van der Waals surface area contributed by atoms with Crippen molar-refractivity contribution in [1.82, 2.24) is 9.29 Å². The first-order valence-electron chi connectivity index (χ1n) is 7.62. The number of ketones is 1. The van der Waals surface area contributed by atoms with E-state index < -0.39 is 10.0 Å². The van der Waals surface area contributed by atoms with Crippen molar-refractivity contribution in [1.29, 1.82) is 0 Å². The molecule has 0 fully saturated rings. The van der Waals surface area contributed by atoms with E-state index in [0.29, 0.717) is 26.7 Å². The maximum atomic E-state index is 12.3. The fourth-order valence-corrected chi connectivity index (χ4v) is 4.15. The minimum absolute atomic E-state index is 0.0909. The molecule has 142 valence electrons. The van der Waals surface area contributed by atoms with Crippen molar-refractivity contribution in [2.75, 3.05) is 19.8 Å². The first-order chi connectivity index (χ1) is 12.7. The highest BCUT2D eigenvalue weighted by Gasteiger charge is 2.19. The van der Waals surface area contributed by atoms with E-state index in [9.17, 15) is 13.2 Å². The van der Waals surface area contributed by atoms with Crippen molar-refractivity contribution < 1.29 is 17.6 Å². The van der Waals surface area contributed by atoms with Gasteiger partial charge in [0.05, 0.1) is 20.7 Å². The van der Waals surface area contributed by atoms with Crippen LogP contribution in [0.25, 0.3) is 11.1 Å². The number of benzene rings is 2. The van der Waals surface area contributed by atoms with Gasteiger partial charge >= 0.3 is 0 Å². The molecule has 0 radical (unpaired) electrons. The van der Waals surface area contributed by atoms with Gasteiger partial charge < -0.3 is 4.42 Å². The Morgan fingerprint density at radius 3 is 2.56 bits per heavy atom. The lowest BCUT2D eigenvalue weighted by Gasteiger charge is -2.10. The summed E-state index contributed by atoms with van der Waals surface area (Å²) >= 11 is 12.9. The minimum Gasteiger partial charge on any atom is -0.431 e. The topological polar surface area (TPSA) is 80.5 Å². The van der Waals surface area contributed by atoms with Crippen molar-refractivity contribution in [3.63, 3.8) is 0 Å². The zero-order valence-electron chi connectivity index (χ0n) is 14.3. The van der Waals surface area contributed by atoms with E-state index in [1.807, 2.05) is 0 Å². The predicted octanol–water partition coefficient (Wildman–Crippen LogP) is 4.36. The third-order valence-corrected chi connectivity index (χ3v) is 7.06. The smallest absolute Gasteiger partial charge is 0.257 e. The van der Waals surface area contributed by atoms with Gasteiger partial charge in [-0.15, -0.1) is 0 Å². The second kappa shape index (κ2) is 7.81. The summed E-state index contributed by atoms with van der Waals surface area (Å²) in [5.41, 5.74) is 1.28. The number of carbonyl (C=O) groups is 1. The fourth-order valence-electron chi connectivity index (χ4n) is 2.20. The second-order valence-corrected chi connectivity index (χ2v) is 9.63. The van der Waals surface area contributed by atoms with Gasteiger partial charge in [-0.1, -0.05) is 35.0 Å².